The van der Waals surface area contributed by atoms with Crippen LogP contribution in [-0.4, -0.2) is 13.2 Å². The molecule has 2 aromatic rings. The van der Waals surface area contributed by atoms with Gasteiger partial charge in [-0.25, -0.2) is 0 Å². The number of rotatable bonds is 3. The van der Waals surface area contributed by atoms with Gasteiger partial charge in [0.15, 0.2) is 0 Å². The molecule has 0 fully saturated rings. The molecule has 2 nitrogen and oxygen atoms in total. The highest BCUT2D eigenvalue weighted by atomic mass is 127. The fraction of sp³-hybridized carbons (Fsp3) is 0.294. The van der Waals surface area contributed by atoms with Crippen molar-refractivity contribution in [3.63, 3.8) is 0 Å². The highest BCUT2D eigenvalue weighted by Gasteiger charge is 2.22. The highest BCUT2D eigenvalue weighted by molar-refractivity contribution is 14.1. The molecule has 0 spiro atoms. The first kappa shape index (κ1) is 15.3. The summed E-state index contributed by atoms with van der Waals surface area (Å²) < 4.78 is 8.16. The van der Waals surface area contributed by atoms with Crippen LogP contribution in [0.25, 0.3) is 0 Å². The van der Waals surface area contributed by atoms with Gasteiger partial charge in [0.1, 0.15) is 11.9 Å². The molecule has 1 aliphatic heterocycles. The van der Waals surface area contributed by atoms with Crippen molar-refractivity contribution in [3.05, 3.63) is 61.1 Å². The zero-order valence-electron chi connectivity index (χ0n) is 12.0. The summed E-state index contributed by atoms with van der Waals surface area (Å²) in [4.78, 5) is 0. The molecule has 0 aliphatic carbocycles. The minimum Gasteiger partial charge on any atom is -0.490 e. The summed E-state index contributed by atoms with van der Waals surface area (Å²) in [6.45, 7) is 2.12. The minimum absolute atomic E-state index is 0.176. The molecule has 4 heteroatoms. The number of hydrogen-bond donors (Lipinski definition) is 1. The molecule has 2 unspecified atom stereocenters. The summed E-state index contributed by atoms with van der Waals surface area (Å²) in [5, 5.41) is 3.43. The molecule has 0 radical (unpaired) electrons. The Morgan fingerprint density at radius 3 is 2.86 bits per heavy atom. The average Bonchev–Trinajstić information content (AvgIpc) is 2.83. The van der Waals surface area contributed by atoms with Crippen LogP contribution in [0.1, 0.15) is 29.7 Å². The second-order valence-electron chi connectivity index (χ2n) is 5.39. The van der Waals surface area contributed by atoms with E-state index in [9.17, 15) is 0 Å². The summed E-state index contributed by atoms with van der Waals surface area (Å²) in [7, 11) is 2.00. The van der Waals surface area contributed by atoms with Crippen molar-refractivity contribution in [3.8, 4) is 5.75 Å². The van der Waals surface area contributed by atoms with E-state index in [1.807, 2.05) is 7.05 Å². The average molecular weight is 458 g/mol. The topological polar surface area (TPSA) is 21.3 Å². The molecule has 21 heavy (non-hydrogen) atoms. The minimum atomic E-state index is 0.176. The molecule has 1 N–H and O–H groups in total. The standard InChI is InChI=1S/C17H17BrINO/c1-10-7-12-8-11(3-6-16(12)21-10)17(20-2)14-9-13(19)4-5-15(14)18/h3-6,8-10,17,20H,7H2,1-2H3. The lowest BCUT2D eigenvalue weighted by Gasteiger charge is -2.20. The molecule has 3 rings (SSSR count). The lowest BCUT2D eigenvalue weighted by atomic mass is 9.96. The van der Waals surface area contributed by atoms with Gasteiger partial charge < -0.3 is 10.1 Å². The molecule has 110 valence electrons. The van der Waals surface area contributed by atoms with Crippen LogP contribution >= 0.6 is 38.5 Å². The molecule has 0 saturated heterocycles. The van der Waals surface area contributed by atoms with Crippen molar-refractivity contribution >= 4 is 38.5 Å². The molecular weight excluding hydrogens is 441 g/mol. The maximum atomic E-state index is 5.79. The van der Waals surface area contributed by atoms with E-state index in [0.717, 1.165) is 16.6 Å². The zero-order valence-corrected chi connectivity index (χ0v) is 15.7. The summed E-state index contributed by atoms with van der Waals surface area (Å²) in [5.74, 6) is 1.03. The second-order valence-corrected chi connectivity index (χ2v) is 7.49. The van der Waals surface area contributed by atoms with Gasteiger partial charge in [-0.3, -0.25) is 0 Å². The van der Waals surface area contributed by atoms with Gasteiger partial charge in [0.25, 0.3) is 0 Å². The van der Waals surface area contributed by atoms with Crippen molar-refractivity contribution in [1.29, 1.82) is 0 Å². The van der Waals surface area contributed by atoms with Gasteiger partial charge in [-0.05, 0) is 77.5 Å². The van der Waals surface area contributed by atoms with Crippen molar-refractivity contribution in [1.82, 2.24) is 5.32 Å². The highest BCUT2D eigenvalue weighted by Crippen LogP contribution is 2.35. The number of ether oxygens (including phenoxy) is 1. The largest absolute Gasteiger partial charge is 0.490 e. The molecule has 0 saturated carbocycles. The first-order valence-corrected chi connectivity index (χ1v) is 8.87. The lowest BCUT2D eigenvalue weighted by molar-refractivity contribution is 0.254. The lowest BCUT2D eigenvalue weighted by Crippen LogP contribution is -2.18. The van der Waals surface area contributed by atoms with E-state index < -0.39 is 0 Å². The first-order valence-electron chi connectivity index (χ1n) is 7.00. The van der Waals surface area contributed by atoms with Gasteiger partial charge in [0.2, 0.25) is 0 Å². The number of nitrogens with one attached hydrogen (secondary N) is 1. The van der Waals surface area contributed by atoms with E-state index >= 15 is 0 Å². The Balaban J connectivity index is 2.01. The van der Waals surface area contributed by atoms with Crippen LogP contribution in [0.2, 0.25) is 0 Å². The van der Waals surface area contributed by atoms with Gasteiger partial charge in [-0.2, -0.15) is 0 Å². The third kappa shape index (κ3) is 3.12. The number of benzene rings is 2. The Hall–Kier alpha value is -0.590. The quantitative estimate of drug-likeness (QED) is 0.675. The number of halogens is 2. The Kier molecular flexibility index (Phi) is 4.57. The van der Waals surface area contributed by atoms with E-state index in [1.54, 1.807) is 0 Å². The van der Waals surface area contributed by atoms with Crippen molar-refractivity contribution in [2.24, 2.45) is 0 Å². The molecule has 0 amide bonds. The van der Waals surface area contributed by atoms with Gasteiger partial charge >= 0.3 is 0 Å². The molecule has 2 aromatic carbocycles. The fourth-order valence-electron chi connectivity index (χ4n) is 2.86. The van der Waals surface area contributed by atoms with Gasteiger partial charge in [-0.1, -0.05) is 28.1 Å². The van der Waals surface area contributed by atoms with Crippen LogP contribution in [0.3, 0.4) is 0 Å². The van der Waals surface area contributed by atoms with Gasteiger partial charge in [0, 0.05) is 14.5 Å². The SMILES string of the molecule is CNC(c1ccc2c(c1)CC(C)O2)c1cc(I)ccc1Br. The van der Waals surface area contributed by atoms with Crippen LogP contribution < -0.4 is 10.1 Å². The summed E-state index contributed by atoms with van der Waals surface area (Å²) in [6, 6.07) is 13.1. The van der Waals surface area contributed by atoms with E-state index in [2.05, 4.69) is 87.2 Å². The van der Waals surface area contributed by atoms with Crippen LogP contribution in [-0.2, 0) is 6.42 Å². The van der Waals surface area contributed by atoms with Crippen LogP contribution in [0.15, 0.2) is 40.9 Å². The van der Waals surface area contributed by atoms with Crippen LogP contribution in [0.5, 0.6) is 5.75 Å². The number of fused-ring (bicyclic) bond motifs is 1. The van der Waals surface area contributed by atoms with E-state index in [0.29, 0.717) is 0 Å². The smallest absolute Gasteiger partial charge is 0.123 e. The fourth-order valence-corrected chi connectivity index (χ4v) is 3.85. The third-order valence-electron chi connectivity index (χ3n) is 3.81. The second kappa shape index (κ2) is 6.26. The van der Waals surface area contributed by atoms with Crippen molar-refractivity contribution < 1.29 is 4.74 Å². The zero-order chi connectivity index (χ0) is 15.0. The Morgan fingerprint density at radius 1 is 1.29 bits per heavy atom. The number of hydrogen-bond acceptors (Lipinski definition) is 2. The summed E-state index contributed by atoms with van der Waals surface area (Å²) in [6.07, 6.45) is 1.28. The predicted octanol–water partition coefficient (Wildman–Crippen LogP) is 4.69. The molecule has 1 heterocycles. The Bertz CT molecular complexity index is 674. The summed E-state index contributed by atoms with van der Waals surface area (Å²) >= 11 is 6.03. The monoisotopic (exact) mass is 457 g/mol. The van der Waals surface area contributed by atoms with Gasteiger partial charge in [-0.15, -0.1) is 0 Å². The molecule has 0 bridgehead atoms. The van der Waals surface area contributed by atoms with E-state index in [4.69, 9.17) is 4.74 Å². The predicted molar refractivity (Wildman–Crippen MR) is 98.0 cm³/mol. The normalized spacial score (nSPS) is 18.2. The van der Waals surface area contributed by atoms with Crippen molar-refractivity contribution in [2.75, 3.05) is 7.05 Å². The Labute approximate surface area is 147 Å². The molecule has 2 atom stereocenters. The van der Waals surface area contributed by atoms with Crippen LogP contribution in [0, 0.1) is 3.57 Å². The maximum absolute atomic E-state index is 5.79. The first-order chi connectivity index (χ1) is 10.1. The van der Waals surface area contributed by atoms with Crippen LogP contribution in [0.4, 0.5) is 0 Å². The third-order valence-corrected chi connectivity index (χ3v) is 5.20. The molecular formula is C17H17BrINO. The summed E-state index contributed by atoms with van der Waals surface area (Å²) in [5.41, 5.74) is 3.84. The van der Waals surface area contributed by atoms with Gasteiger partial charge in [0.05, 0.1) is 6.04 Å². The van der Waals surface area contributed by atoms with Crippen molar-refractivity contribution in [2.45, 2.75) is 25.5 Å². The maximum Gasteiger partial charge on any atom is 0.123 e. The molecule has 1 aliphatic rings. The van der Waals surface area contributed by atoms with E-state index in [1.165, 1.54) is 20.3 Å². The molecule has 0 aromatic heterocycles. The van der Waals surface area contributed by atoms with E-state index in [-0.39, 0.29) is 12.1 Å². The Morgan fingerprint density at radius 2 is 2.10 bits per heavy atom.